The van der Waals surface area contributed by atoms with Gasteiger partial charge in [-0.2, -0.15) is 0 Å². The third kappa shape index (κ3) is 0.816. The van der Waals surface area contributed by atoms with Gasteiger partial charge in [-0.25, -0.2) is 0 Å². The van der Waals surface area contributed by atoms with E-state index < -0.39 is 6.41 Å². The van der Waals surface area contributed by atoms with Crippen molar-refractivity contribution in [1.82, 2.24) is 0 Å². The molecular weight excluding hydrogens is 106 g/mol. The van der Waals surface area contributed by atoms with Crippen molar-refractivity contribution in [3.63, 3.8) is 0 Å². The van der Waals surface area contributed by atoms with Gasteiger partial charge in [0, 0.05) is 0 Å². The van der Waals surface area contributed by atoms with Crippen molar-refractivity contribution in [2.24, 2.45) is 5.73 Å². The van der Waals surface area contributed by atoms with Crippen LogP contribution in [0.15, 0.2) is 24.7 Å². The molecule has 8 heavy (non-hydrogen) atoms. The smallest absolute Gasteiger partial charge is 0.299 e. The molecule has 3 heteroatoms. The molecule has 0 saturated carbocycles. The number of hydrogen-bond donors (Lipinski definition) is 1. The molecular formula is C5H7NO2. The third-order valence-electron chi connectivity index (χ3n) is 0.772. The van der Waals surface area contributed by atoms with E-state index in [1.807, 2.05) is 0 Å². The lowest BCUT2D eigenvalue weighted by atomic mass is 10.5. The molecule has 0 spiro atoms. The molecule has 1 unspecified atom stereocenters. The van der Waals surface area contributed by atoms with Gasteiger partial charge in [0.25, 0.3) is 6.41 Å². The van der Waals surface area contributed by atoms with E-state index in [1.165, 1.54) is 12.3 Å². The summed E-state index contributed by atoms with van der Waals surface area (Å²) in [5.74, 6) is 0.581. The van der Waals surface area contributed by atoms with Gasteiger partial charge in [0.05, 0.1) is 0 Å². The van der Waals surface area contributed by atoms with Gasteiger partial charge in [0.2, 0.25) is 0 Å². The van der Waals surface area contributed by atoms with Gasteiger partial charge in [0.15, 0.2) is 5.76 Å². The molecule has 0 aliphatic carbocycles. The molecule has 2 N–H and O–H groups in total. The fourth-order valence-corrected chi connectivity index (χ4v) is 0.420. The topological polar surface area (TPSA) is 44.5 Å². The first kappa shape index (κ1) is 5.18. The Morgan fingerprint density at radius 3 is 2.88 bits per heavy atom. The molecule has 1 rings (SSSR count). The lowest BCUT2D eigenvalue weighted by Crippen LogP contribution is -2.19. The average Bonchev–Trinajstić information content (AvgIpc) is 2.14. The maximum absolute atomic E-state index is 5.16. The highest BCUT2D eigenvalue weighted by Crippen LogP contribution is 2.09. The van der Waals surface area contributed by atoms with E-state index in [2.05, 4.69) is 11.3 Å². The van der Waals surface area contributed by atoms with Crippen LogP contribution < -0.4 is 5.73 Å². The molecule has 0 amide bonds. The molecule has 1 atom stereocenters. The first-order valence-electron chi connectivity index (χ1n) is 2.23. The predicted molar refractivity (Wildman–Crippen MR) is 28.4 cm³/mol. The maximum atomic E-state index is 5.16. The molecule has 1 aliphatic rings. The van der Waals surface area contributed by atoms with E-state index in [0.29, 0.717) is 5.76 Å². The SMILES string of the molecule is C=CC1=COC(N)O1. The van der Waals surface area contributed by atoms with Gasteiger partial charge in [-0.15, -0.1) is 0 Å². The Balaban J connectivity index is 2.49. The minimum atomic E-state index is -0.636. The van der Waals surface area contributed by atoms with Crippen LogP contribution in [0.4, 0.5) is 0 Å². The fraction of sp³-hybridized carbons (Fsp3) is 0.200. The Morgan fingerprint density at radius 1 is 1.88 bits per heavy atom. The number of nitrogens with two attached hydrogens (primary N) is 1. The van der Waals surface area contributed by atoms with E-state index in [9.17, 15) is 0 Å². The van der Waals surface area contributed by atoms with Crippen molar-refractivity contribution in [2.45, 2.75) is 6.41 Å². The predicted octanol–water partition coefficient (Wildman–Crippen LogP) is 0.303. The molecule has 1 aliphatic heterocycles. The molecule has 3 nitrogen and oxygen atoms in total. The Kier molecular flexibility index (Phi) is 1.22. The van der Waals surface area contributed by atoms with Crippen LogP contribution in [0, 0.1) is 0 Å². The summed E-state index contributed by atoms with van der Waals surface area (Å²) < 4.78 is 9.49. The summed E-state index contributed by atoms with van der Waals surface area (Å²) >= 11 is 0. The van der Waals surface area contributed by atoms with Crippen LogP contribution in [0.3, 0.4) is 0 Å². The van der Waals surface area contributed by atoms with Gasteiger partial charge in [0.1, 0.15) is 6.26 Å². The summed E-state index contributed by atoms with van der Waals surface area (Å²) in [4.78, 5) is 0. The first-order valence-corrected chi connectivity index (χ1v) is 2.23. The molecule has 1 heterocycles. The summed E-state index contributed by atoms with van der Waals surface area (Å²) in [5.41, 5.74) is 5.16. The lowest BCUT2D eigenvalue weighted by Gasteiger charge is -2.01. The van der Waals surface area contributed by atoms with E-state index in [1.54, 1.807) is 0 Å². The molecule has 0 saturated heterocycles. The second-order valence-electron chi connectivity index (χ2n) is 1.35. The highest BCUT2D eigenvalue weighted by Gasteiger charge is 2.09. The minimum Gasteiger partial charge on any atom is -0.446 e. The van der Waals surface area contributed by atoms with Crippen molar-refractivity contribution in [1.29, 1.82) is 0 Å². The zero-order valence-corrected chi connectivity index (χ0v) is 4.33. The number of hydrogen-bond acceptors (Lipinski definition) is 3. The highest BCUT2D eigenvalue weighted by atomic mass is 16.7. The van der Waals surface area contributed by atoms with Crippen molar-refractivity contribution >= 4 is 0 Å². The van der Waals surface area contributed by atoms with Crippen LogP contribution in [-0.2, 0) is 9.47 Å². The number of ether oxygens (including phenoxy) is 2. The molecule has 0 aromatic rings. The number of allylic oxidation sites excluding steroid dienone is 1. The van der Waals surface area contributed by atoms with Gasteiger partial charge < -0.3 is 9.47 Å². The summed E-state index contributed by atoms with van der Waals surface area (Å²) in [6, 6.07) is 0. The average molecular weight is 113 g/mol. The van der Waals surface area contributed by atoms with Crippen molar-refractivity contribution in [3.05, 3.63) is 24.7 Å². The Morgan fingerprint density at radius 2 is 2.62 bits per heavy atom. The largest absolute Gasteiger partial charge is 0.446 e. The highest BCUT2D eigenvalue weighted by molar-refractivity contribution is 5.07. The standard InChI is InChI=1S/C5H7NO2/c1-2-4-3-7-5(6)8-4/h2-3,5H,1,6H2. The van der Waals surface area contributed by atoms with E-state index in [-0.39, 0.29) is 0 Å². The zero-order chi connectivity index (χ0) is 5.98. The lowest BCUT2D eigenvalue weighted by molar-refractivity contribution is -0.0221. The second kappa shape index (κ2) is 1.88. The van der Waals surface area contributed by atoms with Crippen LogP contribution in [0.5, 0.6) is 0 Å². The van der Waals surface area contributed by atoms with Crippen LogP contribution >= 0.6 is 0 Å². The summed E-state index contributed by atoms with van der Waals surface area (Å²) in [6.07, 6.45) is 2.33. The van der Waals surface area contributed by atoms with Crippen molar-refractivity contribution in [3.8, 4) is 0 Å². The van der Waals surface area contributed by atoms with E-state index in [4.69, 9.17) is 10.5 Å². The van der Waals surface area contributed by atoms with Gasteiger partial charge in [-0.3, -0.25) is 5.73 Å². The van der Waals surface area contributed by atoms with E-state index >= 15 is 0 Å². The molecule has 0 bridgehead atoms. The third-order valence-corrected chi connectivity index (χ3v) is 0.772. The zero-order valence-electron chi connectivity index (χ0n) is 4.33. The van der Waals surface area contributed by atoms with Crippen molar-refractivity contribution < 1.29 is 9.47 Å². The van der Waals surface area contributed by atoms with Gasteiger partial charge in [-0.1, -0.05) is 6.58 Å². The molecule has 44 valence electrons. The summed E-state index contributed by atoms with van der Waals surface area (Å²) in [7, 11) is 0. The molecule has 0 aromatic carbocycles. The van der Waals surface area contributed by atoms with E-state index in [0.717, 1.165) is 0 Å². The minimum absolute atomic E-state index is 0.581. The molecule has 0 radical (unpaired) electrons. The van der Waals surface area contributed by atoms with Crippen LogP contribution in [-0.4, -0.2) is 6.41 Å². The van der Waals surface area contributed by atoms with Crippen LogP contribution in [0.25, 0.3) is 0 Å². The van der Waals surface area contributed by atoms with Crippen LogP contribution in [0.1, 0.15) is 0 Å². The van der Waals surface area contributed by atoms with Crippen LogP contribution in [0.2, 0.25) is 0 Å². The monoisotopic (exact) mass is 113 g/mol. The first-order chi connectivity index (χ1) is 3.83. The fourth-order valence-electron chi connectivity index (χ4n) is 0.420. The molecule has 0 fully saturated rings. The second-order valence-corrected chi connectivity index (χ2v) is 1.35. The summed E-state index contributed by atoms with van der Waals surface area (Å²) in [5, 5.41) is 0. The quantitative estimate of drug-likeness (QED) is 0.532. The number of rotatable bonds is 1. The molecule has 0 aromatic heterocycles. The van der Waals surface area contributed by atoms with Crippen molar-refractivity contribution in [2.75, 3.05) is 0 Å². The van der Waals surface area contributed by atoms with Gasteiger partial charge in [-0.05, 0) is 6.08 Å². The Hall–Kier alpha value is -0.960. The van der Waals surface area contributed by atoms with Gasteiger partial charge >= 0.3 is 0 Å². The normalized spacial score (nSPS) is 25.6. The maximum Gasteiger partial charge on any atom is 0.299 e. The Bertz CT molecular complexity index is 130. The summed E-state index contributed by atoms with van der Waals surface area (Å²) in [6.45, 7) is 3.45. The Labute approximate surface area is 47.4 Å².